The summed E-state index contributed by atoms with van der Waals surface area (Å²) in [6.45, 7) is 4.97. The van der Waals surface area contributed by atoms with Gasteiger partial charge in [0.2, 0.25) is 0 Å². The molecule has 7 heteroatoms. The van der Waals surface area contributed by atoms with E-state index in [1.165, 1.54) is 0 Å². The van der Waals surface area contributed by atoms with Gasteiger partial charge in [-0.3, -0.25) is 4.68 Å². The minimum Gasteiger partial charge on any atom is -0.378 e. The Labute approximate surface area is 131 Å². The van der Waals surface area contributed by atoms with Gasteiger partial charge in [0.1, 0.15) is 0 Å². The summed E-state index contributed by atoms with van der Waals surface area (Å²) in [5.41, 5.74) is 2.29. The highest BCUT2D eigenvalue weighted by Gasteiger charge is 2.14. The maximum absolute atomic E-state index is 12.5. The molecule has 0 amide bonds. The van der Waals surface area contributed by atoms with E-state index in [-0.39, 0.29) is 0 Å². The van der Waals surface area contributed by atoms with Crippen molar-refractivity contribution in [2.75, 3.05) is 5.32 Å². The first kappa shape index (κ1) is 16.1. The van der Waals surface area contributed by atoms with Crippen LogP contribution in [0, 0.1) is 6.92 Å². The predicted octanol–water partition coefficient (Wildman–Crippen LogP) is 4.79. The second-order valence-corrected chi connectivity index (χ2v) is 5.80. The van der Waals surface area contributed by atoms with Crippen LogP contribution in [-0.2, 0) is 13.1 Å². The van der Waals surface area contributed by atoms with Gasteiger partial charge in [0, 0.05) is 17.1 Å². The zero-order chi connectivity index (χ0) is 15.4. The van der Waals surface area contributed by atoms with E-state index in [1.807, 2.05) is 24.6 Å². The smallest absolute Gasteiger partial charge is 0.288 e. The molecule has 114 valence electrons. The van der Waals surface area contributed by atoms with E-state index in [9.17, 15) is 8.78 Å². The van der Waals surface area contributed by atoms with Crippen LogP contribution in [0.1, 0.15) is 18.3 Å². The number of anilines is 1. The van der Waals surface area contributed by atoms with Crippen molar-refractivity contribution in [3.05, 3.63) is 40.7 Å². The van der Waals surface area contributed by atoms with Crippen LogP contribution in [0.2, 0.25) is 5.02 Å². The molecule has 0 spiro atoms. The number of benzene rings is 1. The fourth-order valence-corrected chi connectivity index (χ4v) is 2.85. The molecule has 0 saturated carbocycles. The third-order valence-electron chi connectivity index (χ3n) is 3.00. The summed E-state index contributed by atoms with van der Waals surface area (Å²) in [6.07, 6.45) is 0. The SMILES string of the molecule is CCn1nc(C)c(Cl)c1CNc1ccccc1SC(F)F. The van der Waals surface area contributed by atoms with Gasteiger partial charge in [0.05, 0.1) is 23.0 Å². The minimum absolute atomic E-state index is 0.439. The van der Waals surface area contributed by atoms with Crippen molar-refractivity contribution in [3.8, 4) is 0 Å². The molecule has 0 aliphatic rings. The van der Waals surface area contributed by atoms with Crippen LogP contribution in [0.4, 0.5) is 14.5 Å². The Kier molecular flexibility index (Phi) is 5.47. The number of alkyl halides is 2. The number of thioether (sulfide) groups is 1. The van der Waals surface area contributed by atoms with Crippen molar-refractivity contribution in [1.29, 1.82) is 0 Å². The van der Waals surface area contributed by atoms with Gasteiger partial charge in [-0.1, -0.05) is 35.5 Å². The first-order chi connectivity index (χ1) is 10.0. The van der Waals surface area contributed by atoms with Crippen LogP contribution in [-0.4, -0.2) is 15.5 Å². The van der Waals surface area contributed by atoms with Crippen LogP contribution in [0.3, 0.4) is 0 Å². The molecule has 1 N–H and O–H groups in total. The zero-order valence-corrected chi connectivity index (χ0v) is 13.3. The molecule has 2 aromatic rings. The molecule has 0 aliphatic heterocycles. The van der Waals surface area contributed by atoms with E-state index in [4.69, 9.17) is 11.6 Å². The molecule has 0 saturated heterocycles. The average molecular weight is 332 g/mol. The summed E-state index contributed by atoms with van der Waals surface area (Å²) in [7, 11) is 0. The molecule has 1 aromatic heterocycles. The lowest BCUT2D eigenvalue weighted by atomic mass is 10.3. The van der Waals surface area contributed by atoms with Gasteiger partial charge < -0.3 is 5.32 Å². The number of halogens is 3. The minimum atomic E-state index is -2.44. The summed E-state index contributed by atoms with van der Waals surface area (Å²) >= 11 is 6.76. The monoisotopic (exact) mass is 331 g/mol. The van der Waals surface area contributed by atoms with E-state index in [0.717, 1.165) is 11.4 Å². The number of nitrogens with zero attached hydrogens (tertiary/aromatic N) is 2. The Morgan fingerprint density at radius 2 is 2.10 bits per heavy atom. The summed E-state index contributed by atoms with van der Waals surface area (Å²) in [5.74, 6) is -2.44. The molecule has 1 heterocycles. The first-order valence-corrected chi connectivity index (χ1v) is 7.78. The Balaban J connectivity index is 2.17. The highest BCUT2D eigenvalue weighted by molar-refractivity contribution is 7.99. The summed E-state index contributed by atoms with van der Waals surface area (Å²) in [4.78, 5) is 0.517. The molecule has 21 heavy (non-hydrogen) atoms. The molecule has 0 aliphatic carbocycles. The summed E-state index contributed by atoms with van der Waals surface area (Å²) in [6, 6.07) is 6.99. The Morgan fingerprint density at radius 3 is 2.76 bits per heavy atom. The fourth-order valence-electron chi connectivity index (χ4n) is 2.03. The Bertz CT molecular complexity index is 616. The quantitative estimate of drug-likeness (QED) is 0.772. The van der Waals surface area contributed by atoms with E-state index in [0.29, 0.717) is 40.5 Å². The maximum atomic E-state index is 12.5. The van der Waals surface area contributed by atoms with E-state index < -0.39 is 5.76 Å². The lowest BCUT2D eigenvalue weighted by Gasteiger charge is -2.12. The second-order valence-electron chi connectivity index (χ2n) is 4.39. The molecular formula is C14H16ClF2N3S. The molecule has 1 aromatic carbocycles. The number of nitrogens with one attached hydrogen (secondary N) is 1. The zero-order valence-electron chi connectivity index (χ0n) is 11.7. The molecule has 3 nitrogen and oxygen atoms in total. The molecule has 0 radical (unpaired) electrons. The predicted molar refractivity (Wildman–Crippen MR) is 83.3 cm³/mol. The van der Waals surface area contributed by atoms with Crippen molar-refractivity contribution in [2.24, 2.45) is 0 Å². The number of hydrogen-bond acceptors (Lipinski definition) is 3. The standard InChI is InChI=1S/C14H16ClF2N3S/c1-3-20-11(13(15)9(2)19-20)8-18-10-6-4-5-7-12(10)21-14(16)17/h4-7,14,18H,3,8H2,1-2H3. The normalized spacial score (nSPS) is 11.1. The number of rotatable bonds is 6. The van der Waals surface area contributed by atoms with E-state index in [1.54, 1.807) is 18.2 Å². The highest BCUT2D eigenvalue weighted by Crippen LogP contribution is 2.32. The van der Waals surface area contributed by atoms with Crippen LogP contribution >= 0.6 is 23.4 Å². The lowest BCUT2D eigenvalue weighted by Crippen LogP contribution is -2.09. The molecule has 0 atom stereocenters. The van der Waals surface area contributed by atoms with Crippen LogP contribution in [0.5, 0.6) is 0 Å². The molecule has 2 rings (SSSR count). The Hall–Kier alpha value is -1.27. The van der Waals surface area contributed by atoms with Crippen LogP contribution in [0.15, 0.2) is 29.2 Å². The number of para-hydroxylation sites is 1. The summed E-state index contributed by atoms with van der Waals surface area (Å²) in [5, 5.41) is 8.11. The highest BCUT2D eigenvalue weighted by atomic mass is 35.5. The van der Waals surface area contributed by atoms with Gasteiger partial charge >= 0.3 is 0 Å². The number of aryl methyl sites for hydroxylation is 2. The lowest BCUT2D eigenvalue weighted by molar-refractivity contribution is 0.252. The largest absolute Gasteiger partial charge is 0.378 e. The molecular weight excluding hydrogens is 316 g/mol. The van der Waals surface area contributed by atoms with Gasteiger partial charge in [-0.2, -0.15) is 13.9 Å². The number of hydrogen-bond donors (Lipinski definition) is 1. The van der Waals surface area contributed by atoms with Gasteiger partial charge in [-0.05, 0) is 26.0 Å². The van der Waals surface area contributed by atoms with Gasteiger partial charge in [0.15, 0.2) is 0 Å². The first-order valence-electron chi connectivity index (χ1n) is 6.52. The molecule has 0 bridgehead atoms. The number of aromatic nitrogens is 2. The van der Waals surface area contributed by atoms with Gasteiger partial charge in [-0.15, -0.1) is 0 Å². The van der Waals surface area contributed by atoms with Crippen molar-refractivity contribution >= 4 is 29.1 Å². The molecule has 0 fully saturated rings. The van der Waals surface area contributed by atoms with Crippen molar-refractivity contribution < 1.29 is 8.78 Å². The van der Waals surface area contributed by atoms with E-state index in [2.05, 4.69) is 10.4 Å². The van der Waals surface area contributed by atoms with Crippen molar-refractivity contribution in [1.82, 2.24) is 9.78 Å². The third kappa shape index (κ3) is 3.89. The summed E-state index contributed by atoms with van der Waals surface area (Å²) < 4.78 is 26.9. The third-order valence-corrected chi connectivity index (χ3v) is 4.28. The fraction of sp³-hybridized carbons (Fsp3) is 0.357. The molecule has 0 unspecified atom stereocenters. The van der Waals surface area contributed by atoms with E-state index >= 15 is 0 Å². The van der Waals surface area contributed by atoms with Crippen LogP contribution < -0.4 is 5.32 Å². The van der Waals surface area contributed by atoms with Crippen LogP contribution in [0.25, 0.3) is 0 Å². The van der Waals surface area contributed by atoms with Crippen molar-refractivity contribution in [3.63, 3.8) is 0 Å². The second kappa shape index (κ2) is 7.13. The van der Waals surface area contributed by atoms with Gasteiger partial charge in [-0.25, -0.2) is 0 Å². The topological polar surface area (TPSA) is 29.9 Å². The maximum Gasteiger partial charge on any atom is 0.288 e. The average Bonchev–Trinajstić information content (AvgIpc) is 2.73. The Morgan fingerprint density at radius 1 is 1.38 bits per heavy atom. The van der Waals surface area contributed by atoms with Gasteiger partial charge in [0.25, 0.3) is 5.76 Å². The van der Waals surface area contributed by atoms with Crippen molar-refractivity contribution in [2.45, 2.75) is 37.6 Å².